The van der Waals surface area contributed by atoms with E-state index in [-0.39, 0.29) is 12.5 Å². The molecule has 1 rings (SSSR count). The molecule has 1 saturated carbocycles. The Hall–Kier alpha value is -1.42. The van der Waals surface area contributed by atoms with E-state index in [1.54, 1.807) is 0 Å². The van der Waals surface area contributed by atoms with Gasteiger partial charge in [-0.3, -0.25) is 0 Å². The predicted octanol–water partition coefficient (Wildman–Crippen LogP) is 6.61. The van der Waals surface area contributed by atoms with E-state index in [1.807, 2.05) is 0 Å². The standard InChI is InChI=1S/C18H23F9O2/c1-9(2)13(28)29-12-7-10(14(3,4)16(19,20)21)6-11(8-12)15(5,17(22,23)24)18(25,26)27/h10-12H,1,6-8H2,2-5H3. The topological polar surface area (TPSA) is 26.3 Å². The highest BCUT2D eigenvalue weighted by Crippen LogP contribution is 2.61. The molecule has 170 valence electrons. The van der Waals surface area contributed by atoms with Crippen molar-refractivity contribution in [3.8, 4) is 0 Å². The third-order valence-electron chi connectivity index (χ3n) is 6.03. The summed E-state index contributed by atoms with van der Waals surface area (Å²) in [7, 11) is 0. The monoisotopic (exact) mass is 442 g/mol. The van der Waals surface area contributed by atoms with Gasteiger partial charge in [-0.2, -0.15) is 39.5 Å². The Morgan fingerprint density at radius 1 is 0.793 bits per heavy atom. The predicted molar refractivity (Wildman–Crippen MR) is 85.6 cm³/mol. The van der Waals surface area contributed by atoms with Crippen molar-refractivity contribution in [3.05, 3.63) is 12.2 Å². The van der Waals surface area contributed by atoms with Crippen LogP contribution in [0.25, 0.3) is 0 Å². The third kappa shape index (κ3) is 4.84. The van der Waals surface area contributed by atoms with Crippen LogP contribution in [-0.2, 0) is 9.53 Å². The number of carbonyl (C=O) groups excluding carboxylic acids is 1. The summed E-state index contributed by atoms with van der Waals surface area (Å²) in [6.07, 6.45) is -20.3. The number of hydrogen-bond acceptors (Lipinski definition) is 2. The normalized spacial score (nSPS) is 24.9. The molecule has 0 aromatic carbocycles. The molecule has 0 aromatic rings. The van der Waals surface area contributed by atoms with Crippen molar-refractivity contribution >= 4 is 5.97 Å². The molecular weight excluding hydrogens is 419 g/mol. The first-order valence-electron chi connectivity index (χ1n) is 8.73. The van der Waals surface area contributed by atoms with Gasteiger partial charge >= 0.3 is 24.5 Å². The zero-order valence-electron chi connectivity index (χ0n) is 16.3. The van der Waals surface area contributed by atoms with Crippen molar-refractivity contribution in [2.24, 2.45) is 22.7 Å². The van der Waals surface area contributed by atoms with Crippen molar-refractivity contribution in [2.45, 2.75) is 71.6 Å². The van der Waals surface area contributed by atoms with Gasteiger partial charge in [-0.15, -0.1) is 0 Å². The molecule has 0 radical (unpaired) electrons. The smallest absolute Gasteiger partial charge is 0.403 e. The van der Waals surface area contributed by atoms with Crippen LogP contribution in [-0.4, -0.2) is 30.6 Å². The molecule has 1 aliphatic rings. The van der Waals surface area contributed by atoms with E-state index >= 15 is 0 Å². The zero-order chi connectivity index (χ0) is 23.2. The Bertz CT molecular complexity index is 615. The highest BCUT2D eigenvalue weighted by Gasteiger charge is 2.72. The lowest BCUT2D eigenvalue weighted by Gasteiger charge is -2.49. The quantitative estimate of drug-likeness (QED) is 0.278. The van der Waals surface area contributed by atoms with Gasteiger partial charge in [-0.25, -0.2) is 4.79 Å². The first kappa shape index (κ1) is 25.6. The summed E-state index contributed by atoms with van der Waals surface area (Å²) in [5.41, 5.74) is -7.01. The number of alkyl halides is 9. The fraction of sp³-hybridized carbons (Fsp3) is 0.833. The van der Waals surface area contributed by atoms with Crippen LogP contribution in [0.3, 0.4) is 0 Å². The number of ether oxygens (including phenoxy) is 1. The first-order valence-corrected chi connectivity index (χ1v) is 8.73. The molecule has 0 amide bonds. The molecule has 11 heteroatoms. The molecule has 2 nitrogen and oxygen atoms in total. The summed E-state index contributed by atoms with van der Waals surface area (Å²) >= 11 is 0. The maximum atomic E-state index is 13.5. The van der Waals surface area contributed by atoms with Crippen LogP contribution in [0.2, 0.25) is 0 Å². The molecule has 1 fully saturated rings. The molecule has 0 aromatic heterocycles. The Morgan fingerprint density at radius 2 is 1.21 bits per heavy atom. The van der Waals surface area contributed by atoms with Crippen LogP contribution < -0.4 is 0 Å². The van der Waals surface area contributed by atoms with Crippen molar-refractivity contribution in [1.29, 1.82) is 0 Å². The summed E-state index contributed by atoms with van der Waals surface area (Å²) in [5, 5.41) is 0. The molecule has 1 aliphatic carbocycles. The largest absolute Gasteiger partial charge is 0.459 e. The maximum Gasteiger partial charge on any atom is 0.403 e. The van der Waals surface area contributed by atoms with E-state index in [2.05, 4.69) is 6.58 Å². The number of halogens is 9. The van der Waals surface area contributed by atoms with Gasteiger partial charge in [0.05, 0.1) is 5.41 Å². The molecule has 3 unspecified atom stereocenters. The van der Waals surface area contributed by atoms with Crippen molar-refractivity contribution in [3.63, 3.8) is 0 Å². The zero-order valence-corrected chi connectivity index (χ0v) is 16.3. The van der Waals surface area contributed by atoms with Crippen LogP contribution in [0.4, 0.5) is 39.5 Å². The van der Waals surface area contributed by atoms with Gasteiger partial charge in [-0.1, -0.05) is 20.4 Å². The van der Waals surface area contributed by atoms with Crippen LogP contribution >= 0.6 is 0 Å². The molecule has 0 heterocycles. The maximum absolute atomic E-state index is 13.5. The molecular formula is C18H23F9O2. The third-order valence-corrected chi connectivity index (χ3v) is 6.03. The minimum Gasteiger partial charge on any atom is -0.459 e. The SMILES string of the molecule is C=C(C)C(=O)OC1CC(C(C)(C)C(F)(F)F)CC(C(C)(C(F)(F)F)C(F)(F)F)C1. The van der Waals surface area contributed by atoms with Gasteiger partial charge in [0.2, 0.25) is 0 Å². The second kappa shape index (κ2) is 7.68. The van der Waals surface area contributed by atoms with E-state index < -0.39 is 72.5 Å². The number of rotatable bonds is 4. The molecule has 29 heavy (non-hydrogen) atoms. The van der Waals surface area contributed by atoms with E-state index in [1.165, 1.54) is 6.92 Å². The molecule has 0 bridgehead atoms. The Labute approximate surface area is 162 Å². The molecule has 0 aliphatic heterocycles. The Balaban J connectivity index is 3.46. The van der Waals surface area contributed by atoms with Gasteiger partial charge in [0.15, 0.2) is 5.41 Å². The van der Waals surface area contributed by atoms with Crippen molar-refractivity contribution in [1.82, 2.24) is 0 Å². The Morgan fingerprint density at radius 3 is 1.55 bits per heavy atom. The lowest BCUT2D eigenvalue weighted by molar-refractivity contribution is -0.358. The fourth-order valence-electron chi connectivity index (χ4n) is 3.53. The molecule has 0 N–H and O–H groups in total. The molecule has 0 spiro atoms. The lowest BCUT2D eigenvalue weighted by atomic mass is 9.60. The van der Waals surface area contributed by atoms with Crippen molar-refractivity contribution < 1.29 is 49.0 Å². The second-order valence-corrected chi connectivity index (χ2v) is 8.33. The number of carbonyl (C=O) groups is 1. The summed E-state index contributed by atoms with van der Waals surface area (Å²) in [5.74, 6) is -4.96. The highest BCUT2D eigenvalue weighted by molar-refractivity contribution is 5.87. The fourth-order valence-corrected chi connectivity index (χ4v) is 3.53. The first-order chi connectivity index (χ1) is 12.7. The summed E-state index contributed by atoms with van der Waals surface area (Å²) in [4.78, 5) is 11.7. The average molecular weight is 442 g/mol. The lowest BCUT2D eigenvalue weighted by Crippen LogP contribution is -2.56. The van der Waals surface area contributed by atoms with E-state index in [4.69, 9.17) is 4.74 Å². The summed E-state index contributed by atoms with van der Waals surface area (Å²) < 4.78 is 126. The minimum absolute atomic E-state index is 0.0573. The second-order valence-electron chi connectivity index (χ2n) is 8.33. The van der Waals surface area contributed by atoms with Gasteiger partial charge < -0.3 is 4.74 Å². The number of hydrogen-bond donors (Lipinski definition) is 0. The van der Waals surface area contributed by atoms with Crippen LogP contribution in [0.1, 0.15) is 47.0 Å². The average Bonchev–Trinajstić information content (AvgIpc) is 2.50. The Kier molecular flexibility index (Phi) is 6.79. The van der Waals surface area contributed by atoms with Gasteiger partial charge in [-0.05, 0) is 44.9 Å². The van der Waals surface area contributed by atoms with Gasteiger partial charge in [0, 0.05) is 5.57 Å². The highest BCUT2D eigenvalue weighted by atomic mass is 19.4. The van der Waals surface area contributed by atoms with Crippen LogP contribution in [0, 0.1) is 22.7 Å². The summed E-state index contributed by atoms with van der Waals surface area (Å²) in [6.45, 7) is 5.84. The van der Waals surface area contributed by atoms with E-state index in [9.17, 15) is 44.3 Å². The van der Waals surface area contributed by atoms with Crippen LogP contribution in [0.15, 0.2) is 12.2 Å². The van der Waals surface area contributed by atoms with Crippen LogP contribution in [0.5, 0.6) is 0 Å². The minimum atomic E-state index is -5.76. The van der Waals surface area contributed by atoms with Gasteiger partial charge in [0.25, 0.3) is 0 Å². The molecule has 3 atom stereocenters. The summed E-state index contributed by atoms with van der Waals surface area (Å²) in [6, 6.07) is 0. The van der Waals surface area contributed by atoms with E-state index in [0.717, 1.165) is 13.8 Å². The molecule has 0 saturated heterocycles. The van der Waals surface area contributed by atoms with Gasteiger partial charge in [0.1, 0.15) is 6.10 Å². The van der Waals surface area contributed by atoms with Crippen molar-refractivity contribution in [2.75, 3.05) is 0 Å². The number of esters is 1. The van der Waals surface area contributed by atoms with E-state index in [0.29, 0.717) is 0 Å².